The predicted octanol–water partition coefficient (Wildman–Crippen LogP) is 4.03. The zero-order chi connectivity index (χ0) is 16.5. The van der Waals surface area contributed by atoms with Crippen LogP contribution in [0, 0.1) is 0 Å². The SMILES string of the molecule is Cl.Cl.Clc1cc(Cl)c2nc(CN3CCNCC3c3cccnc3)cn2c1. The molecule has 5 nitrogen and oxygen atoms in total. The first-order valence-electron chi connectivity index (χ1n) is 7.88. The van der Waals surface area contributed by atoms with Gasteiger partial charge in [0.25, 0.3) is 0 Å². The fourth-order valence-electron chi connectivity index (χ4n) is 3.20. The summed E-state index contributed by atoms with van der Waals surface area (Å²) in [4.78, 5) is 11.3. The van der Waals surface area contributed by atoms with Crippen LogP contribution in [0.1, 0.15) is 17.3 Å². The number of piperazine rings is 1. The van der Waals surface area contributed by atoms with E-state index in [1.165, 1.54) is 5.56 Å². The lowest BCUT2D eigenvalue weighted by Gasteiger charge is -2.35. The topological polar surface area (TPSA) is 45.5 Å². The Bertz CT molecular complexity index is 855. The van der Waals surface area contributed by atoms with Crippen molar-refractivity contribution in [1.29, 1.82) is 0 Å². The first-order valence-corrected chi connectivity index (χ1v) is 8.63. The van der Waals surface area contributed by atoms with Crippen molar-refractivity contribution in [2.75, 3.05) is 19.6 Å². The average Bonchev–Trinajstić information content (AvgIpc) is 2.99. The van der Waals surface area contributed by atoms with Crippen LogP contribution < -0.4 is 5.32 Å². The molecule has 0 aromatic carbocycles. The average molecular weight is 435 g/mol. The van der Waals surface area contributed by atoms with E-state index in [0.29, 0.717) is 10.0 Å². The fraction of sp³-hybridized carbons (Fsp3) is 0.294. The number of nitrogens with zero attached hydrogens (tertiary/aromatic N) is 4. The van der Waals surface area contributed by atoms with E-state index in [-0.39, 0.29) is 30.9 Å². The van der Waals surface area contributed by atoms with E-state index in [1.54, 1.807) is 12.3 Å². The van der Waals surface area contributed by atoms with E-state index >= 15 is 0 Å². The molecule has 0 spiro atoms. The molecule has 9 heteroatoms. The molecule has 0 bridgehead atoms. The lowest BCUT2D eigenvalue weighted by Crippen LogP contribution is -2.45. The zero-order valence-electron chi connectivity index (χ0n) is 13.8. The van der Waals surface area contributed by atoms with Crippen molar-refractivity contribution in [3.8, 4) is 0 Å². The Hall–Kier alpha value is -1.08. The molecule has 1 fully saturated rings. The maximum absolute atomic E-state index is 6.24. The Labute approximate surface area is 174 Å². The number of hydrogen-bond donors (Lipinski definition) is 1. The third kappa shape index (κ3) is 4.42. The molecule has 4 heterocycles. The number of imidazole rings is 1. The van der Waals surface area contributed by atoms with Crippen molar-refractivity contribution >= 4 is 53.7 Å². The largest absolute Gasteiger partial charge is 0.314 e. The molecule has 1 N–H and O–H groups in total. The first-order chi connectivity index (χ1) is 11.7. The van der Waals surface area contributed by atoms with E-state index in [2.05, 4.69) is 26.3 Å². The van der Waals surface area contributed by atoms with Crippen LogP contribution in [0.2, 0.25) is 10.0 Å². The summed E-state index contributed by atoms with van der Waals surface area (Å²) in [6, 6.07) is 6.11. The Balaban J connectivity index is 0.00000121. The Kier molecular flexibility index (Phi) is 7.52. The van der Waals surface area contributed by atoms with Gasteiger partial charge >= 0.3 is 0 Å². The van der Waals surface area contributed by atoms with Gasteiger partial charge in [-0.3, -0.25) is 9.88 Å². The van der Waals surface area contributed by atoms with Crippen LogP contribution in [-0.4, -0.2) is 38.9 Å². The molecule has 1 aliphatic rings. The maximum atomic E-state index is 6.24. The van der Waals surface area contributed by atoms with Crippen LogP contribution in [0.4, 0.5) is 0 Å². The van der Waals surface area contributed by atoms with Crippen LogP contribution in [-0.2, 0) is 6.54 Å². The highest BCUT2D eigenvalue weighted by Crippen LogP contribution is 2.25. The molecule has 3 aromatic rings. The zero-order valence-corrected chi connectivity index (χ0v) is 17.0. The Morgan fingerprint density at radius 2 is 2.08 bits per heavy atom. The number of aromatic nitrogens is 3. The minimum Gasteiger partial charge on any atom is -0.314 e. The summed E-state index contributed by atoms with van der Waals surface area (Å²) in [5.74, 6) is 0. The fourth-order valence-corrected chi connectivity index (χ4v) is 3.72. The van der Waals surface area contributed by atoms with Crippen molar-refractivity contribution in [2.45, 2.75) is 12.6 Å². The van der Waals surface area contributed by atoms with Crippen molar-refractivity contribution in [3.63, 3.8) is 0 Å². The van der Waals surface area contributed by atoms with Crippen molar-refractivity contribution in [1.82, 2.24) is 24.6 Å². The van der Waals surface area contributed by atoms with Crippen LogP contribution >= 0.6 is 48.0 Å². The van der Waals surface area contributed by atoms with Gasteiger partial charge in [-0.25, -0.2) is 4.98 Å². The third-order valence-corrected chi connectivity index (χ3v) is 4.80. The molecule has 1 aliphatic heterocycles. The monoisotopic (exact) mass is 433 g/mol. The second-order valence-corrected chi connectivity index (χ2v) is 6.79. The Morgan fingerprint density at radius 3 is 2.85 bits per heavy atom. The molecule has 1 saturated heterocycles. The number of rotatable bonds is 3. The van der Waals surface area contributed by atoms with Gasteiger partial charge in [0.05, 0.1) is 15.7 Å². The third-order valence-electron chi connectivity index (χ3n) is 4.31. The van der Waals surface area contributed by atoms with E-state index in [1.807, 2.05) is 29.1 Å². The quantitative estimate of drug-likeness (QED) is 0.675. The van der Waals surface area contributed by atoms with Crippen LogP contribution in [0.3, 0.4) is 0 Å². The van der Waals surface area contributed by atoms with Gasteiger partial charge in [-0.1, -0.05) is 29.3 Å². The lowest BCUT2D eigenvalue weighted by molar-refractivity contribution is 0.152. The predicted molar refractivity (Wildman–Crippen MR) is 110 cm³/mol. The van der Waals surface area contributed by atoms with Crippen molar-refractivity contribution < 1.29 is 0 Å². The first kappa shape index (κ1) is 21.2. The lowest BCUT2D eigenvalue weighted by atomic mass is 10.1. The molecule has 1 unspecified atom stereocenters. The number of pyridine rings is 2. The van der Waals surface area contributed by atoms with Crippen LogP contribution in [0.25, 0.3) is 5.65 Å². The highest BCUT2D eigenvalue weighted by atomic mass is 35.5. The highest BCUT2D eigenvalue weighted by molar-refractivity contribution is 6.36. The molecule has 4 rings (SSSR count). The molecule has 140 valence electrons. The van der Waals surface area contributed by atoms with Crippen molar-refractivity contribution in [2.24, 2.45) is 0 Å². The number of hydrogen-bond acceptors (Lipinski definition) is 4. The molecule has 1 atom stereocenters. The van der Waals surface area contributed by atoms with Crippen LogP contribution in [0.5, 0.6) is 0 Å². The molecule has 26 heavy (non-hydrogen) atoms. The Morgan fingerprint density at radius 1 is 1.23 bits per heavy atom. The summed E-state index contributed by atoms with van der Waals surface area (Å²) in [7, 11) is 0. The highest BCUT2D eigenvalue weighted by Gasteiger charge is 2.24. The maximum Gasteiger partial charge on any atom is 0.156 e. The molecule has 0 amide bonds. The smallest absolute Gasteiger partial charge is 0.156 e. The minimum atomic E-state index is 0. The molecule has 0 radical (unpaired) electrons. The summed E-state index contributed by atoms with van der Waals surface area (Å²) >= 11 is 12.3. The van der Waals surface area contributed by atoms with E-state index in [0.717, 1.165) is 37.5 Å². The second kappa shape index (κ2) is 9.22. The standard InChI is InChI=1S/C17H17Cl2N5.2ClH/c18-13-6-15(19)17-22-14(11-24(17)9-13)10-23-5-4-21-8-16(23)12-2-1-3-20-7-12;;/h1-3,6-7,9,11,16,21H,4-5,8,10H2;2*1H. The summed E-state index contributed by atoms with van der Waals surface area (Å²) in [5.41, 5.74) is 2.94. The van der Waals surface area contributed by atoms with Gasteiger partial charge in [-0.15, -0.1) is 24.8 Å². The van der Waals surface area contributed by atoms with Gasteiger partial charge in [-0.2, -0.15) is 0 Å². The van der Waals surface area contributed by atoms with E-state index < -0.39 is 0 Å². The summed E-state index contributed by atoms with van der Waals surface area (Å²) in [5, 5.41) is 4.63. The van der Waals surface area contributed by atoms with Gasteiger partial charge in [0, 0.05) is 57.0 Å². The minimum absolute atomic E-state index is 0. The molecule has 3 aromatic heterocycles. The summed E-state index contributed by atoms with van der Waals surface area (Å²) < 4.78 is 1.89. The molecular weight excluding hydrogens is 416 g/mol. The summed E-state index contributed by atoms with van der Waals surface area (Å²) in [6.45, 7) is 3.60. The van der Waals surface area contributed by atoms with Crippen molar-refractivity contribution in [3.05, 3.63) is 64.3 Å². The van der Waals surface area contributed by atoms with Crippen LogP contribution in [0.15, 0.2) is 43.0 Å². The van der Waals surface area contributed by atoms with Gasteiger partial charge in [0.1, 0.15) is 0 Å². The molecular formula is C17H19Cl4N5. The normalized spacial score (nSPS) is 17.5. The number of nitrogens with one attached hydrogen (secondary N) is 1. The van der Waals surface area contributed by atoms with E-state index in [9.17, 15) is 0 Å². The summed E-state index contributed by atoms with van der Waals surface area (Å²) in [6.07, 6.45) is 7.56. The number of fused-ring (bicyclic) bond motifs is 1. The van der Waals surface area contributed by atoms with E-state index in [4.69, 9.17) is 23.2 Å². The van der Waals surface area contributed by atoms with Gasteiger partial charge in [0.15, 0.2) is 5.65 Å². The molecule has 0 aliphatic carbocycles. The number of halogens is 4. The van der Waals surface area contributed by atoms with Gasteiger partial charge in [-0.05, 0) is 17.7 Å². The second-order valence-electron chi connectivity index (χ2n) is 5.95. The van der Waals surface area contributed by atoms with Gasteiger partial charge in [0.2, 0.25) is 0 Å². The molecule has 0 saturated carbocycles. The van der Waals surface area contributed by atoms with Gasteiger partial charge < -0.3 is 9.72 Å².